The number of amides is 2. The molecule has 5 rings (SSSR count). The van der Waals surface area contributed by atoms with Crippen LogP contribution in [-0.2, 0) is 17.6 Å². The summed E-state index contributed by atoms with van der Waals surface area (Å²) in [5, 5.41) is 16.1. The molecule has 5 nitrogen and oxygen atoms in total. The van der Waals surface area contributed by atoms with Crippen molar-refractivity contribution >= 4 is 45.6 Å². The third-order valence-corrected chi connectivity index (χ3v) is 8.64. The Labute approximate surface area is 228 Å². The number of benzene rings is 3. The molecule has 38 heavy (non-hydrogen) atoms. The van der Waals surface area contributed by atoms with Gasteiger partial charge in [0.2, 0.25) is 5.91 Å². The van der Waals surface area contributed by atoms with Gasteiger partial charge in [0.05, 0.1) is 16.9 Å². The van der Waals surface area contributed by atoms with E-state index in [9.17, 15) is 19.2 Å². The maximum Gasteiger partial charge on any atom is 0.258 e. The number of anilines is 2. The van der Waals surface area contributed by atoms with Crippen molar-refractivity contribution < 1.29 is 14.0 Å². The number of nitrogens with one attached hydrogen (secondary N) is 2. The topological polar surface area (TPSA) is 82.0 Å². The summed E-state index contributed by atoms with van der Waals surface area (Å²) < 4.78 is 13.9. The van der Waals surface area contributed by atoms with Crippen LogP contribution in [0.3, 0.4) is 0 Å². The van der Waals surface area contributed by atoms with Crippen LogP contribution in [0.2, 0.25) is 0 Å². The SMILES string of the molecule is N#Cc1c(NC(=O)CSc2cccc(NC(=O)c3ccccc3F)c2)sc2c1CCC(c1ccccc1)C2. The first-order valence-corrected chi connectivity index (χ1v) is 14.0. The number of rotatable bonds is 7. The van der Waals surface area contributed by atoms with Gasteiger partial charge in [-0.1, -0.05) is 48.5 Å². The molecule has 0 saturated carbocycles. The quantitative estimate of drug-likeness (QED) is 0.247. The van der Waals surface area contributed by atoms with E-state index in [4.69, 9.17) is 0 Å². The molecule has 0 aliphatic heterocycles. The lowest BCUT2D eigenvalue weighted by atomic mass is 9.83. The highest BCUT2D eigenvalue weighted by molar-refractivity contribution is 8.00. The minimum atomic E-state index is -0.588. The number of halogens is 1. The van der Waals surface area contributed by atoms with Crippen LogP contribution in [0.25, 0.3) is 0 Å². The molecule has 4 aromatic rings. The van der Waals surface area contributed by atoms with Gasteiger partial charge in [0.15, 0.2) is 0 Å². The first kappa shape index (κ1) is 25.7. The van der Waals surface area contributed by atoms with Crippen molar-refractivity contribution in [3.05, 3.63) is 112 Å². The van der Waals surface area contributed by atoms with Crippen molar-refractivity contribution in [1.82, 2.24) is 0 Å². The summed E-state index contributed by atoms with van der Waals surface area (Å²) in [5.74, 6) is -0.771. The first-order chi connectivity index (χ1) is 18.5. The molecule has 2 N–H and O–H groups in total. The number of nitriles is 1. The molecule has 0 bridgehead atoms. The second kappa shape index (κ2) is 11.6. The summed E-state index contributed by atoms with van der Waals surface area (Å²) in [6, 6.07) is 25.6. The predicted octanol–water partition coefficient (Wildman–Crippen LogP) is 7.01. The van der Waals surface area contributed by atoms with Crippen LogP contribution in [0, 0.1) is 17.1 Å². The van der Waals surface area contributed by atoms with E-state index >= 15 is 0 Å². The van der Waals surface area contributed by atoms with E-state index in [0.717, 1.165) is 29.7 Å². The average Bonchev–Trinajstić information content (AvgIpc) is 3.28. The van der Waals surface area contributed by atoms with Gasteiger partial charge in [0.1, 0.15) is 16.9 Å². The summed E-state index contributed by atoms with van der Waals surface area (Å²) in [5.41, 5.74) is 3.42. The van der Waals surface area contributed by atoms with Crippen LogP contribution < -0.4 is 10.6 Å². The van der Waals surface area contributed by atoms with Crippen molar-refractivity contribution in [2.24, 2.45) is 0 Å². The van der Waals surface area contributed by atoms with Gasteiger partial charge in [-0.3, -0.25) is 9.59 Å². The predicted molar refractivity (Wildman–Crippen MR) is 150 cm³/mol. The van der Waals surface area contributed by atoms with Gasteiger partial charge in [-0.05, 0) is 66.6 Å². The number of carbonyl (C=O) groups excluding carboxylic acids is 2. The minimum Gasteiger partial charge on any atom is -0.322 e. The Bertz CT molecular complexity index is 1530. The molecule has 0 spiro atoms. The first-order valence-electron chi connectivity index (χ1n) is 12.2. The molecule has 0 fully saturated rings. The van der Waals surface area contributed by atoms with Gasteiger partial charge >= 0.3 is 0 Å². The van der Waals surface area contributed by atoms with Gasteiger partial charge in [-0.2, -0.15) is 5.26 Å². The molecule has 1 aliphatic rings. The molecule has 1 unspecified atom stereocenters. The molecule has 0 saturated heterocycles. The summed E-state index contributed by atoms with van der Waals surface area (Å²) in [6.45, 7) is 0. The number of nitrogens with zero attached hydrogens (tertiary/aromatic N) is 1. The Morgan fingerprint density at radius 3 is 2.61 bits per heavy atom. The normalized spacial score (nSPS) is 14.3. The molecule has 1 heterocycles. The Morgan fingerprint density at radius 1 is 1.03 bits per heavy atom. The maximum absolute atomic E-state index is 13.9. The van der Waals surface area contributed by atoms with Crippen molar-refractivity contribution in [1.29, 1.82) is 5.26 Å². The van der Waals surface area contributed by atoms with Crippen LogP contribution in [-0.4, -0.2) is 17.6 Å². The lowest BCUT2D eigenvalue weighted by Gasteiger charge is -2.22. The van der Waals surface area contributed by atoms with E-state index < -0.39 is 11.7 Å². The summed E-state index contributed by atoms with van der Waals surface area (Å²) in [6.07, 6.45) is 2.68. The Balaban J connectivity index is 1.21. The number of carbonyl (C=O) groups is 2. The minimum absolute atomic E-state index is 0.0352. The van der Waals surface area contributed by atoms with E-state index in [-0.39, 0.29) is 17.2 Å². The lowest BCUT2D eigenvalue weighted by molar-refractivity contribution is -0.113. The molecular formula is C30H24FN3O2S2. The fourth-order valence-corrected chi connectivity index (χ4v) is 6.67. The van der Waals surface area contributed by atoms with Crippen LogP contribution in [0.1, 0.15) is 44.3 Å². The van der Waals surface area contributed by atoms with E-state index in [1.807, 2.05) is 12.1 Å². The van der Waals surface area contributed by atoms with E-state index in [1.165, 1.54) is 51.7 Å². The zero-order valence-corrected chi connectivity index (χ0v) is 22.0. The third-order valence-electron chi connectivity index (χ3n) is 6.48. The standard InChI is InChI=1S/C30H24FN3O2S2/c31-26-12-5-4-11-24(26)29(36)33-21-9-6-10-22(16-21)37-18-28(35)34-30-25(17-32)23-14-13-20(15-27(23)38-30)19-7-2-1-3-8-19/h1-12,16,20H,13-15,18H2,(H,33,36)(H,34,35). The number of thiophene rings is 1. The van der Waals surface area contributed by atoms with Crippen molar-refractivity contribution in [2.45, 2.75) is 30.1 Å². The van der Waals surface area contributed by atoms with Crippen molar-refractivity contribution in [2.75, 3.05) is 16.4 Å². The maximum atomic E-state index is 13.9. The summed E-state index contributed by atoms with van der Waals surface area (Å²) in [4.78, 5) is 27.2. The summed E-state index contributed by atoms with van der Waals surface area (Å²) >= 11 is 2.82. The van der Waals surface area contributed by atoms with Gasteiger partial charge in [0, 0.05) is 15.5 Å². The largest absolute Gasteiger partial charge is 0.322 e. The smallest absolute Gasteiger partial charge is 0.258 e. The second-order valence-electron chi connectivity index (χ2n) is 8.97. The lowest BCUT2D eigenvalue weighted by Crippen LogP contribution is -2.14. The Kier molecular flexibility index (Phi) is 7.87. The zero-order valence-electron chi connectivity index (χ0n) is 20.4. The average molecular weight is 542 g/mol. The van der Waals surface area contributed by atoms with Crippen molar-refractivity contribution in [3.63, 3.8) is 0 Å². The molecule has 1 aliphatic carbocycles. The van der Waals surface area contributed by atoms with Crippen LogP contribution >= 0.6 is 23.1 Å². The fraction of sp³-hybridized carbons (Fsp3) is 0.167. The number of fused-ring (bicyclic) bond motifs is 1. The molecule has 1 atom stereocenters. The zero-order chi connectivity index (χ0) is 26.5. The number of hydrogen-bond acceptors (Lipinski definition) is 5. The van der Waals surface area contributed by atoms with E-state index in [1.54, 1.807) is 24.3 Å². The Morgan fingerprint density at radius 2 is 1.82 bits per heavy atom. The third kappa shape index (κ3) is 5.80. The summed E-state index contributed by atoms with van der Waals surface area (Å²) in [7, 11) is 0. The van der Waals surface area contributed by atoms with Crippen LogP contribution in [0.4, 0.5) is 15.1 Å². The van der Waals surface area contributed by atoms with Gasteiger partial charge in [0.25, 0.3) is 5.91 Å². The van der Waals surface area contributed by atoms with E-state index in [0.29, 0.717) is 22.2 Å². The molecule has 2 amide bonds. The molecule has 190 valence electrons. The van der Waals surface area contributed by atoms with Gasteiger partial charge < -0.3 is 10.6 Å². The van der Waals surface area contributed by atoms with Gasteiger partial charge in [-0.15, -0.1) is 23.1 Å². The molecule has 8 heteroatoms. The highest BCUT2D eigenvalue weighted by Gasteiger charge is 2.27. The Hall–Kier alpha value is -3.93. The number of thioether (sulfide) groups is 1. The monoisotopic (exact) mass is 541 g/mol. The van der Waals surface area contributed by atoms with Gasteiger partial charge in [-0.25, -0.2) is 4.39 Å². The fourth-order valence-electron chi connectivity index (χ4n) is 4.62. The second-order valence-corrected chi connectivity index (χ2v) is 11.1. The molecule has 1 aromatic heterocycles. The van der Waals surface area contributed by atoms with E-state index in [2.05, 4.69) is 41.0 Å². The van der Waals surface area contributed by atoms with Crippen molar-refractivity contribution in [3.8, 4) is 6.07 Å². The van der Waals surface area contributed by atoms with Crippen LogP contribution in [0.5, 0.6) is 0 Å². The van der Waals surface area contributed by atoms with Crippen LogP contribution in [0.15, 0.2) is 83.8 Å². The molecular weight excluding hydrogens is 517 g/mol. The highest BCUT2D eigenvalue weighted by Crippen LogP contribution is 2.42. The molecule has 3 aromatic carbocycles. The highest BCUT2D eigenvalue weighted by atomic mass is 32.2. The number of hydrogen-bond donors (Lipinski definition) is 2. The molecule has 0 radical (unpaired) electrons.